The van der Waals surface area contributed by atoms with E-state index in [1.165, 1.54) is 12.1 Å². The van der Waals surface area contributed by atoms with Gasteiger partial charge in [0.25, 0.3) is 0 Å². The number of halogens is 1. The fourth-order valence-electron chi connectivity index (χ4n) is 3.60. The summed E-state index contributed by atoms with van der Waals surface area (Å²) in [6.45, 7) is 2.59. The van der Waals surface area contributed by atoms with Gasteiger partial charge in [-0.2, -0.15) is 5.10 Å². The zero-order valence-corrected chi connectivity index (χ0v) is 16.3. The fourth-order valence-corrected chi connectivity index (χ4v) is 3.60. The highest BCUT2D eigenvalue weighted by Gasteiger charge is 2.33. The number of nitrogens with zero attached hydrogens (tertiary/aromatic N) is 2. The smallest absolute Gasteiger partial charge is 0.226 e. The van der Waals surface area contributed by atoms with Crippen molar-refractivity contribution in [2.75, 3.05) is 19.0 Å². The number of hydrogen-bond donors (Lipinski definition) is 1. The number of aromatic nitrogens is 2. The van der Waals surface area contributed by atoms with Crippen molar-refractivity contribution in [3.8, 4) is 17.2 Å². The van der Waals surface area contributed by atoms with Crippen molar-refractivity contribution in [1.29, 1.82) is 0 Å². The number of carbonyl (C=O) groups excluding carboxylic acids is 1. The topological polar surface area (TPSA) is 65.4 Å². The van der Waals surface area contributed by atoms with Gasteiger partial charge in [-0.15, -0.1) is 0 Å². The second-order valence-electron chi connectivity index (χ2n) is 6.87. The number of carbonyl (C=O) groups is 1. The highest BCUT2D eigenvalue weighted by molar-refractivity contribution is 5.94. The molecule has 0 aliphatic carbocycles. The Bertz CT molecular complexity index is 1030. The van der Waals surface area contributed by atoms with Crippen molar-refractivity contribution < 1.29 is 18.7 Å². The molecule has 1 aliphatic heterocycles. The molecule has 0 saturated carbocycles. The Morgan fingerprint density at radius 3 is 2.72 bits per heavy atom. The predicted molar refractivity (Wildman–Crippen MR) is 107 cm³/mol. The minimum atomic E-state index is -0.328. The maximum atomic E-state index is 13.3. The lowest BCUT2D eigenvalue weighted by Crippen LogP contribution is -2.25. The average Bonchev–Trinajstić information content (AvgIpc) is 3.15. The molecule has 0 saturated heterocycles. The number of amides is 1. The van der Waals surface area contributed by atoms with Crippen molar-refractivity contribution in [3.63, 3.8) is 0 Å². The Labute approximate surface area is 168 Å². The van der Waals surface area contributed by atoms with Crippen LogP contribution in [0.5, 0.6) is 11.5 Å². The van der Waals surface area contributed by atoms with Crippen molar-refractivity contribution in [1.82, 2.24) is 9.78 Å². The lowest BCUT2D eigenvalue weighted by molar-refractivity contribution is -0.116. The molecule has 1 atom stereocenters. The Hall–Kier alpha value is -3.35. The van der Waals surface area contributed by atoms with Gasteiger partial charge in [-0.3, -0.25) is 4.79 Å². The molecule has 7 heteroatoms. The Kier molecular flexibility index (Phi) is 5.20. The molecule has 0 spiro atoms. The first-order valence-electron chi connectivity index (χ1n) is 9.55. The van der Waals surface area contributed by atoms with Crippen LogP contribution in [-0.4, -0.2) is 29.4 Å². The minimum absolute atomic E-state index is 0.115. The summed E-state index contributed by atoms with van der Waals surface area (Å²) in [5.74, 6) is 1.20. The third kappa shape index (κ3) is 3.55. The van der Waals surface area contributed by atoms with E-state index in [9.17, 15) is 9.18 Å². The SMILES string of the molecule is CCCOc1c(OC)cccc1[C@H]1CC(=O)Nc2c1cnn2-c1ccc(F)cc1. The van der Waals surface area contributed by atoms with Crippen LogP contribution < -0.4 is 14.8 Å². The van der Waals surface area contributed by atoms with Gasteiger partial charge in [-0.05, 0) is 36.8 Å². The summed E-state index contributed by atoms with van der Waals surface area (Å²) in [6, 6.07) is 11.7. The highest BCUT2D eigenvalue weighted by atomic mass is 19.1. The maximum absolute atomic E-state index is 13.3. The molecule has 1 aliphatic rings. The molecule has 4 rings (SSSR count). The van der Waals surface area contributed by atoms with Gasteiger partial charge in [0.1, 0.15) is 11.6 Å². The van der Waals surface area contributed by atoms with Crippen LogP contribution in [0.3, 0.4) is 0 Å². The van der Waals surface area contributed by atoms with Crippen LogP contribution in [0.15, 0.2) is 48.7 Å². The summed E-state index contributed by atoms with van der Waals surface area (Å²) in [6.07, 6.45) is 2.88. The number of rotatable bonds is 6. The largest absolute Gasteiger partial charge is 0.493 e. The third-order valence-electron chi connectivity index (χ3n) is 4.95. The number of anilines is 1. The summed E-state index contributed by atoms with van der Waals surface area (Å²) < 4.78 is 26.4. The van der Waals surface area contributed by atoms with Gasteiger partial charge in [0, 0.05) is 23.5 Å². The first-order chi connectivity index (χ1) is 14.1. The van der Waals surface area contributed by atoms with Crippen molar-refractivity contribution >= 4 is 11.7 Å². The van der Waals surface area contributed by atoms with Gasteiger partial charge < -0.3 is 14.8 Å². The van der Waals surface area contributed by atoms with Crippen molar-refractivity contribution in [2.45, 2.75) is 25.7 Å². The molecule has 29 heavy (non-hydrogen) atoms. The van der Waals surface area contributed by atoms with Crippen molar-refractivity contribution in [3.05, 3.63) is 65.6 Å². The Morgan fingerprint density at radius 1 is 1.21 bits per heavy atom. The summed E-state index contributed by atoms with van der Waals surface area (Å²) in [5.41, 5.74) is 2.43. The molecule has 1 amide bonds. The van der Waals surface area contributed by atoms with E-state index in [0.29, 0.717) is 29.6 Å². The zero-order chi connectivity index (χ0) is 20.4. The van der Waals surface area contributed by atoms with Crippen LogP contribution in [0.25, 0.3) is 5.69 Å². The Morgan fingerprint density at radius 2 is 2.00 bits per heavy atom. The van der Waals surface area contributed by atoms with Crippen molar-refractivity contribution in [2.24, 2.45) is 0 Å². The van der Waals surface area contributed by atoms with Gasteiger partial charge in [0.05, 0.1) is 25.6 Å². The molecular formula is C22H22FN3O3. The van der Waals surface area contributed by atoms with Crippen LogP contribution in [0.2, 0.25) is 0 Å². The fraction of sp³-hybridized carbons (Fsp3) is 0.273. The number of hydrogen-bond acceptors (Lipinski definition) is 4. The molecule has 0 bridgehead atoms. The normalized spacial score (nSPS) is 15.6. The van der Waals surface area contributed by atoms with Crippen LogP contribution in [0, 0.1) is 5.82 Å². The molecule has 0 unspecified atom stereocenters. The van der Waals surface area contributed by atoms with E-state index in [1.54, 1.807) is 30.1 Å². The first kappa shape index (κ1) is 19.0. The van der Waals surface area contributed by atoms with Gasteiger partial charge >= 0.3 is 0 Å². The van der Waals surface area contributed by atoms with E-state index in [0.717, 1.165) is 17.5 Å². The molecule has 1 aromatic heterocycles. The molecule has 0 fully saturated rings. The van der Waals surface area contributed by atoms with Gasteiger partial charge in [0.15, 0.2) is 11.5 Å². The maximum Gasteiger partial charge on any atom is 0.226 e. The minimum Gasteiger partial charge on any atom is -0.493 e. The average molecular weight is 395 g/mol. The summed E-state index contributed by atoms with van der Waals surface area (Å²) in [7, 11) is 1.60. The molecule has 2 heterocycles. The van der Waals surface area contributed by atoms with E-state index in [1.807, 2.05) is 25.1 Å². The lowest BCUT2D eigenvalue weighted by Gasteiger charge is -2.26. The Balaban J connectivity index is 1.81. The standard InChI is InChI=1S/C22H22FN3O3/c1-3-11-29-21-16(5-4-6-19(21)28-2)17-12-20(27)25-22-18(17)13-24-26(22)15-9-7-14(23)8-10-15/h4-10,13,17H,3,11-12H2,1-2H3,(H,25,27)/t17-/m1/s1. The van der Waals surface area contributed by atoms with Crippen LogP contribution >= 0.6 is 0 Å². The van der Waals surface area contributed by atoms with Crippen LogP contribution in [0.4, 0.5) is 10.2 Å². The molecule has 3 aromatic rings. The third-order valence-corrected chi connectivity index (χ3v) is 4.95. The van der Waals surface area contributed by atoms with E-state index >= 15 is 0 Å². The molecule has 6 nitrogen and oxygen atoms in total. The predicted octanol–water partition coefficient (Wildman–Crippen LogP) is 4.28. The summed E-state index contributed by atoms with van der Waals surface area (Å²) in [5, 5.41) is 7.36. The second kappa shape index (κ2) is 7.95. The van der Waals surface area contributed by atoms with E-state index in [-0.39, 0.29) is 24.1 Å². The molecule has 1 N–H and O–H groups in total. The number of fused-ring (bicyclic) bond motifs is 1. The number of nitrogens with one attached hydrogen (secondary N) is 1. The zero-order valence-electron chi connectivity index (χ0n) is 16.3. The second-order valence-corrected chi connectivity index (χ2v) is 6.87. The van der Waals surface area contributed by atoms with Crippen LogP contribution in [-0.2, 0) is 4.79 Å². The lowest BCUT2D eigenvalue weighted by atomic mass is 9.86. The molecular weight excluding hydrogens is 373 g/mol. The van der Waals surface area contributed by atoms with Gasteiger partial charge in [0.2, 0.25) is 5.91 Å². The quantitative estimate of drug-likeness (QED) is 0.677. The monoisotopic (exact) mass is 395 g/mol. The van der Waals surface area contributed by atoms with E-state index < -0.39 is 0 Å². The van der Waals surface area contributed by atoms with Gasteiger partial charge in [-0.1, -0.05) is 19.1 Å². The first-order valence-corrected chi connectivity index (χ1v) is 9.55. The van der Waals surface area contributed by atoms with Gasteiger partial charge in [-0.25, -0.2) is 9.07 Å². The highest BCUT2D eigenvalue weighted by Crippen LogP contribution is 2.44. The molecule has 150 valence electrons. The number of benzene rings is 2. The van der Waals surface area contributed by atoms with E-state index in [4.69, 9.17) is 9.47 Å². The summed E-state index contributed by atoms with van der Waals surface area (Å²) >= 11 is 0. The number of methoxy groups -OCH3 is 1. The van der Waals surface area contributed by atoms with E-state index in [2.05, 4.69) is 10.4 Å². The summed E-state index contributed by atoms with van der Waals surface area (Å²) in [4.78, 5) is 12.5. The number of ether oxygens (including phenoxy) is 2. The van der Waals surface area contributed by atoms with Crippen LogP contribution in [0.1, 0.15) is 36.8 Å². The molecule has 2 aromatic carbocycles. The number of para-hydroxylation sites is 1. The molecule has 0 radical (unpaired) electrons.